The third kappa shape index (κ3) is 2.62. The van der Waals surface area contributed by atoms with E-state index < -0.39 is 0 Å². The van der Waals surface area contributed by atoms with E-state index in [-0.39, 0.29) is 17.7 Å². The zero-order valence-corrected chi connectivity index (χ0v) is 13.1. The SMILES string of the molecule is COc1c(C(=O)N2CCC(C(N)=O)C2)sc(C)c1Br. The number of methoxy groups -OCH3 is 1. The zero-order valence-electron chi connectivity index (χ0n) is 10.7. The van der Waals surface area contributed by atoms with Gasteiger partial charge >= 0.3 is 0 Å². The van der Waals surface area contributed by atoms with Gasteiger partial charge in [-0.25, -0.2) is 0 Å². The van der Waals surface area contributed by atoms with Crippen LogP contribution >= 0.6 is 27.3 Å². The molecule has 104 valence electrons. The lowest BCUT2D eigenvalue weighted by molar-refractivity contribution is -0.121. The number of likely N-dealkylation sites (tertiary alicyclic amines) is 1. The fourth-order valence-electron chi connectivity index (χ4n) is 2.15. The molecule has 2 N–H and O–H groups in total. The van der Waals surface area contributed by atoms with E-state index in [0.29, 0.717) is 30.1 Å². The number of halogens is 1. The van der Waals surface area contributed by atoms with Gasteiger partial charge in [-0.05, 0) is 29.3 Å². The summed E-state index contributed by atoms with van der Waals surface area (Å²) in [6.45, 7) is 2.88. The highest BCUT2D eigenvalue weighted by molar-refractivity contribution is 9.10. The Morgan fingerprint density at radius 1 is 1.53 bits per heavy atom. The predicted molar refractivity (Wildman–Crippen MR) is 76.5 cm³/mol. The lowest BCUT2D eigenvalue weighted by Crippen LogP contribution is -2.31. The molecule has 2 rings (SSSR count). The van der Waals surface area contributed by atoms with Crippen LogP contribution < -0.4 is 10.5 Å². The fourth-order valence-corrected chi connectivity index (χ4v) is 3.86. The standard InChI is InChI=1S/C12H15BrN2O3S/c1-6-8(13)9(18-2)10(19-6)12(17)15-4-3-7(5-15)11(14)16/h7H,3-5H2,1-2H3,(H2,14,16). The Hall–Kier alpha value is -1.08. The number of aryl methyl sites for hydroxylation is 1. The molecule has 1 saturated heterocycles. The maximum absolute atomic E-state index is 12.4. The second kappa shape index (κ2) is 5.50. The van der Waals surface area contributed by atoms with E-state index in [2.05, 4.69) is 15.9 Å². The van der Waals surface area contributed by atoms with Crippen LogP contribution in [-0.2, 0) is 4.79 Å². The summed E-state index contributed by atoms with van der Waals surface area (Å²) in [4.78, 5) is 26.8. The summed E-state index contributed by atoms with van der Waals surface area (Å²) in [6, 6.07) is 0. The van der Waals surface area contributed by atoms with Gasteiger partial charge in [-0.2, -0.15) is 0 Å². The summed E-state index contributed by atoms with van der Waals surface area (Å²) < 4.78 is 6.09. The highest BCUT2D eigenvalue weighted by atomic mass is 79.9. The van der Waals surface area contributed by atoms with Gasteiger partial charge in [-0.1, -0.05) is 0 Å². The topological polar surface area (TPSA) is 72.6 Å². The monoisotopic (exact) mass is 346 g/mol. The van der Waals surface area contributed by atoms with Crippen LogP contribution in [0.2, 0.25) is 0 Å². The molecule has 5 nitrogen and oxygen atoms in total. The second-order valence-corrected chi connectivity index (χ2v) is 6.49. The summed E-state index contributed by atoms with van der Waals surface area (Å²) >= 11 is 4.80. The molecule has 7 heteroatoms. The molecule has 2 amide bonds. The van der Waals surface area contributed by atoms with Gasteiger partial charge in [0.1, 0.15) is 4.88 Å². The number of thiophene rings is 1. The minimum Gasteiger partial charge on any atom is -0.494 e. The quantitative estimate of drug-likeness (QED) is 0.906. The number of ether oxygens (including phenoxy) is 1. The second-order valence-electron chi connectivity index (χ2n) is 4.47. The van der Waals surface area contributed by atoms with E-state index in [9.17, 15) is 9.59 Å². The van der Waals surface area contributed by atoms with Crippen molar-refractivity contribution in [3.8, 4) is 5.75 Å². The molecule has 0 radical (unpaired) electrons. The fraction of sp³-hybridized carbons (Fsp3) is 0.500. The number of hydrogen-bond acceptors (Lipinski definition) is 4. The lowest BCUT2D eigenvalue weighted by atomic mass is 10.1. The molecule has 0 spiro atoms. The van der Waals surface area contributed by atoms with Gasteiger partial charge < -0.3 is 15.4 Å². The van der Waals surface area contributed by atoms with Gasteiger partial charge in [0.15, 0.2) is 5.75 Å². The van der Waals surface area contributed by atoms with Gasteiger partial charge in [0, 0.05) is 18.0 Å². The van der Waals surface area contributed by atoms with Crippen molar-refractivity contribution in [3.63, 3.8) is 0 Å². The maximum atomic E-state index is 12.4. The van der Waals surface area contributed by atoms with Crippen molar-refractivity contribution in [2.24, 2.45) is 11.7 Å². The summed E-state index contributed by atoms with van der Waals surface area (Å²) in [6.07, 6.45) is 0.634. The molecule has 0 aliphatic carbocycles. The molecular formula is C12H15BrN2O3S. The van der Waals surface area contributed by atoms with Crippen molar-refractivity contribution >= 4 is 39.1 Å². The van der Waals surface area contributed by atoms with Crippen molar-refractivity contribution in [1.29, 1.82) is 0 Å². The normalized spacial score (nSPS) is 18.7. The number of carbonyl (C=O) groups is 2. The van der Waals surface area contributed by atoms with Crippen LogP contribution in [0.4, 0.5) is 0 Å². The Kier molecular flexibility index (Phi) is 4.15. The van der Waals surface area contributed by atoms with Gasteiger partial charge in [-0.15, -0.1) is 11.3 Å². The van der Waals surface area contributed by atoms with Crippen LogP contribution in [0.3, 0.4) is 0 Å². The first-order chi connectivity index (χ1) is 8.95. The predicted octanol–water partition coefficient (Wildman–Crippen LogP) is 1.78. The molecule has 2 heterocycles. The first-order valence-electron chi connectivity index (χ1n) is 5.87. The molecule has 1 unspecified atom stereocenters. The molecule has 0 saturated carbocycles. The molecule has 1 aliphatic heterocycles. The van der Waals surface area contributed by atoms with E-state index >= 15 is 0 Å². The smallest absolute Gasteiger partial charge is 0.267 e. The third-order valence-electron chi connectivity index (χ3n) is 3.25. The highest BCUT2D eigenvalue weighted by Gasteiger charge is 2.33. The van der Waals surface area contributed by atoms with Gasteiger partial charge in [0.2, 0.25) is 5.91 Å². The average molecular weight is 347 g/mol. The van der Waals surface area contributed by atoms with Crippen LogP contribution in [0.5, 0.6) is 5.75 Å². The van der Waals surface area contributed by atoms with Crippen molar-refractivity contribution < 1.29 is 14.3 Å². The molecule has 1 fully saturated rings. The van der Waals surface area contributed by atoms with E-state index in [1.54, 1.807) is 12.0 Å². The largest absolute Gasteiger partial charge is 0.494 e. The number of rotatable bonds is 3. The van der Waals surface area contributed by atoms with Crippen LogP contribution in [0.25, 0.3) is 0 Å². The first-order valence-corrected chi connectivity index (χ1v) is 7.48. The number of amides is 2. The molecule has 1 atom stereocenters. The van der Waals surface area contributed by atoms with Crippen molar-refractivity contribution in [2.75, 3.05) is 20.2 Å². The minimum atomic E-state index is -0.342. The summed E-state index contributed by atoms with van der Waals surface area (Å²) in [7, 11) is 1.54. The molecular weight excluding hydrogens is 332 g/mol. The van der Waals surface area contributed by atoms with Gasteiger partial charge in [0.25, 0.3) is 5.91 Å². The Morgan fingerprint density at radius 2 is 2.21 bits per heavy atom. The Bertz CT molecular complexity index is 529. The number of nitrogens with zero attached hydrogens (tertiary/aromatic N) is 1. The molecule has 1 aromatic heterocycles. The summed E-state index contributed by atoms with van der Waals surface area (Å²) in [5.41, 5.74) is 5.28. The molecule has 19 heavy (non-hydrogen) atoms. The van der Waals surface area contributed by atoms with Crippen LogP contribution in [-0.4, -0.2) is 36.9 Å². The Labute approximate surface area is 123 Å². The van der Waals surface area contributed by atoms with Crippen LogP contribution in [0.1, 0.15) is 21.0 Å². The third-order valence-corrected chi connectivity index (χ3v) is 5.54. The van der Waals surface area contributed by atoms with Gasteiger partial charge in [-0.3, -0.25) is 9.59 Å². The Balaban J connectivity index is 2.21. The average Bonchev–Trinajstić information content (AvgIpc) is 2.95. The molecule has 0 aromatic carbocycles. The summed E-state index contributed by atoms with van der Waals surface area (Å²) in [5, 5.41) is 0. The van der Waals surface area contributed by atoms with E-state index in [4.69, 9.17) is 10.5 Å². The minimum absolute atomic E-state index is 0.0978. The molecule has 0 bridgehead atoms. The van der Waals surface area contributed by atoms with Crippen molar-refractivity contribution in [1.82, 2.24) is 4.90 Å². The highest BCUT2D eigenvalue weighted by Crippen LogP contribution is 2.40. The van der Waals surface area contributed by atoms with Gasteiger partial charge in [0.05, 0.1) is 17.5 Å². The van der Waals surface area contributed by atoms with Crippen LogP contribution in [0.15, 0.2) is 4.47 Å². The molecule has 1 aromatic rings. The van der Waals surface area contributed by atoms with Crippen molar-refractivity contribution in [3.05, 3.63) is 14.2 Å². The first kappa shape index (κ1) is 14.3. The van der Waals surface area contributed by atoms with E-state index in [1.807, 2.05) is 6.92 Å². The Morgan fingerprint density at radius 3 is 2.74 bits per heavy atom. The number of hydrogen-bond donors (Lipinski definition) is 1. The number of carbonyl (C=O) groups excluding carboxylic acids is 2. The zero-order chi connectivity index (χ0) is 14.2. The van der Waals surface area contributed by atoms with E-state index in [0.717, 1.165) is 9.35 Å². The maximum Gasteiger partial charge on any atom is 0.267 e. The number of primary amides is 1. The summed E-state index contributed by atoms with van der Waals surface area (Å²) in [5.74, 6) is -0.111. The molecule has 1 aliphatic rings. The van der Waals surface area contributed by atoms with E-state index in [1.165, 1.54) is 11.3 Å². The van der Waals surface area contributed by atoms with Crippen LogP contribution in [0, 0.1) is 12.8 Å². The lowest BCUT2D eigenvalue weighted by Gasteiger charge is -2.15. The number of nitrogens with two attached hydrogens (primary N) is 1. The van der Waals surface area contributed by atoms with Crippen molar-refractivity contribution in [2.45, 2.75) is 13.3 Å².